The van der Waals surface area contributed by atoms with Crippen molar-refractivity contribution < 1.29 is 0 Å². The molecule has 1 unspecified atom stereocenters. The van der Waals surface area contributed by atoms with E-state index in [4.69, 9.17) is 10.5 Å². The zero-order valence-electron chi connectivity index (χ0n) is 11.6. The van der Waals surface area contributed by atoms with Crippen LogP contribution in [0.1, 0.15) is 17.2 Å². The smallest absolute Gasteiger partial charge is 0.161 e. The van der Waals surface area contributed by atoms with Gasteiger partial charge in [0.25, 0.3) is 0 Å². The zero-order valence-corrected chi connectivity index (χ0v) is 11.6. The molecule has 21 heavy (non-hydrogen) atoms. The molecular formula is C17H14N4. The van der Waals surface area contributed by atoms with E-state index in [2.05, 4.69) is 10.2 Å². The largest absolute Gasteiger partial charge is 0.197 e. The minimum Gasteiger partial charge on any atom is -0.197 e. The average Bonchev–Trinajstić information content (AvgIpc) is 2.54. The van der Waals surface area contributed by atoms with E-state index in [-0.39, 0.29) is 0 Å². The first-order valence-corrected chi connectivity index (χ1v) is 6.57. The highest BCUT2D eigenvalue weighted by Crippen LogP contribution is 2.28. The highest BCUT2D eigenvalue weighted by Gasteiger charge is 2.22. The van der Waals surface area contributed by atoms with Gasteiger partial charge in [0.2, 0.25) is 0 Å². The first-order chi connectivity index (χ1) is 10.3. The van der Waals surface area contributed by atoms with Crippen LogP contribution in [0.2, 0.25) is 0 Å². The van der Waals surface area contributed by atoms with Crippen LogP contribution in [0.5, 0.6) is 0 Å². The summed E-state index contributed by atoms with van der Waals surface area (Å²) in [6.07, 6.45) is 0. The van der Waals surface area contributed by atoms with Gasteiger partial charge in [-0.2, -0.15) is 20.8 Å². The summed E-state index contributed by atoms with van der Waals surface area (Å²) in [4.78, 5) is 0. The lowest BCUT2D eigenvalue weighted by Gasteiger charge is -2.11. The predicted octanol–water partition coefficient (Wildman–Crippen LogP) is 4.48. The van der Waals surface area contributed by atoms with Gasteiger partial charge >= 0.3 is 0 Å². The molecule has 0 amide bonds. The maximum Gasteiger partial charge on any atom is 0.161 e. The number of hydrogen-bond acceptors (Lipinski definition) is 4. The lowest BCUT2D eigenvalue weighted by molar-refractivity contribution is 0.612. The highest BCUT2D eigenvalue weighted by atomic mass is 15.1. The molecule has 0 radical (unpaired) electrons. The average molecular weight is 274 g/mol. The van der Waals surface area contributed by atoms with Crippen molar-refractivity contribution in [1.29, 1.82) is 10.5 Å². The van der Waals surface area contributed by atoms with Crippen molar-refractivity contribution in [3.63, 3.8) is 0 Å². The molecule has 0 fully saturated rings. The number of aryl methyl sites for hydroxylation is 1. The SMILES string of the molecule is Cc1ccccc1N=NC(c1ccccc1)C(C#N)C#N. The van der Waals surface area contributed by atoms with Gasteiger partial charge in [0.1, 0.15) is 6.04 Å². The second-order valence-electron chi connectivity index (χ2n) is 4.59. The Morgan fingerprint density at radius 2 is 1.52 bits per heavy atom. The second kappa shape index (κ2) is 6.98. The quantitative estimate of drug-likeness (QED) is 0.771. The third-order valence-corrected chi connectivity index (χ3v) is 3.14. The topological polar surface area (TPSA) is 72.3 Å². The van der Waals surface area contributed by atoms with Crippen LogP contribution in [-0.2, 0) is 0 Å². The van der Waals surface area contributed by atoms with Gasteiger partial charge in [-0.1, -0.05) is 48.5 Å². The summed E-state index contributed by atoms with van der Waals surface area (Å²) in [6.45, 7) is 1.94. The van der Waals surface area contributed by atoms with E-state index in [9.17, 15) is 0 Å². The Kier molecular flexibility index (Phi) is 4.79. The number of nitrogens with zero attached hydrogens (tertiary/aromatic N) is 4. The van der Waals surface area contributed by atoms with Crippen LogP contribution in [0.4, 0.5) is 5.69 Å². The minimum absolute atomic E-state index is 0.583. The maximum absolute atomic E-state index is 9.14. The van der Waals surface area contributed by atoms with Crippen molar-refractivity contribution >= 4 is 5.69 Å². The van der Waals surface area contributed by atoms with Crippen LogP contribution in [0.25, 0.3) is 0 Å². The molecule has 0 bridgehead atoms. The summed E-state index contributed by atoms with van der Waals surface area (Å²) < 4.78 is 0. The number of benzene rings is 2. The number of azo groups is 1. The van der Waals surface area contributed by atoms with Crippen LogP contribution in [-0.4, -0.2) is 0 Å². The third kappa shape index (κ3) is 3.52. The lowest BCUT2D eigenvalue weighted by atomic mass is 9.96. The fourth-order valence-corrected chi connectivity index (χ4v) is 1.95. The summed E-state index contributed by atoms with van der Waals surface area (Å²) in [5.74, 6) is -0.861. The molecule has 0 saturated carbocycles. The summed E-state index contributed by atoms with van der Waals surface area (Å²) in [5.41, 5.74) is 2.55. The van der Waals surface area contributed by atoms with Crippen LogP contribution in [0.3, 0.4) is 0 Å². The standard InChI is InChI=1S/C17H14N4/c1-13-7-5-6-10-16(13)20-21-17(15(11-18)12-19)14-8-3-2-4-9-14/h2-10,15,17H,1H3. The first-order valence-electron chi connectivity index (χ1n) is 6.57. The molecule has 0 spiro atoms. The van der Waals surface area contributed by atoms with Gasteiger partial charge < -0.3 is 0 Å². The van der Waals surface area contributed by atoms with Crippen LogP contribution < -0.4 is 0 Å². The van der Waals surface area contributed by atoms with Crippen molar-refractivity contribution in [2.75, 3.05) is 0 Å². The molecule has 0 aromatic heterocycles. The van der Waals surface area contributed by atoms with Crippen LogP contribution in [0, 0.1) is 35.5 Å². The Labute approximate surface area is 124 Å². The Morgan fingerprint density at radius 1 is 0.905 bits per heavy atom. The molecule has 0 aliphatic carbocycles. The summed E-state index contributed by atoms with van der Waals surface area (Å²) in [6, 6.07) is 20.3. The molecule has 2 rings (SSSR count). The van der Waals surface area contributed by atoms with Gasteiger partial charge in [0.05, 0.1) is 17.8 Å². The number of nitriles is 2. The molecule has 4 nitrogen and oxygen atoms in total. The maximum atomic E-state index is 9.14. The molecule has 0 saturated heterocycles. The summed E-state index contributed by atoms with van der Waals surface area (Å²) in [7, 11) is 0. The van der Waals surface area contributed by atoms with E-state index in [0.717, 1.165) is 16.8 Å². The predicted molar refractivity (Wildman–Crippen MR) is 79.6 cm³/mol. The van der Waals surface area contributed by atoms with E-state index in [1.807, 2.05) is 73.7 Å². The summed E-state index contributed by atoms with van der Waals surface area (Å²) in [5, 5.41) is 26.7. The second-order valence-corrected chi connectivity index (χ2v) is 4.59. The highest BCUT2D eigenvalue weighted by molar-refractivity contribution is 5.44. The van der Waals surface area contributed by atoms with Crippen molar-refractivity contribution in [3.8, 4) is 12.1 Å². The van der Waals surface area contributed by atoms with Gasteiger partial charge in [-0.25, -0.2) is 0 Å². The number of hydrogen-bond donors (Lipinski definition) is 0. The molecule has 0 aliphatic rings. The van der Waals surface area contributed by atoms with E-state index in [1.54, 1.807) is 0 Å². The monoisotopic (exact) mass is 274 g/mol. The lowest BCUT2D eigenvalue weighted by Crippen LogP contribution is -2.06. The Bertz CT molecular complexity index is 694. The van der Waals surface area contributed by atoms with Crippen molar-refractivity contribution in [2.45, 2.75) is 13.0 Å². The molecule has 0 heterocycles. The van der Waals surface area contributed by atoms with Crippen LogP contribution >= 0.6 is 0 Å². The van der Waals surface area contributed by atoms with E-state index >= 15 is 0 Å². The van der Waals surface area contributed by atoms with E-state index in [0.29, 0.717) is 0 Å². The molecule has 0 aliphatic heterocycles. The van der Waals surface area contributed by atoms with E-state index in [1.165, 1.54) is 0 Å². The molecule has 4 heteroatoms. The van der Waals surface area contributed by atoms with Crippen LogP contribution in [0.15, 0.2) is 64.8 Å². The first kappa shape index (κ1) is 14.4. The molecule has 2 aromatic carbocycles. The fourth-order valence-electron chi connectivity index (χ4n) is 1.95. The van der Waals surface area contributed by atoms with Gasteiger partial charge in [-0.3, -0.25) is 0 Å². The van der Waals surface area contributed by atoms with E-state index < -0.39 is 12.0 Å². The third-order valence-electron chi connectivity index (χ3n) is 3.14. The minimum atomic E-state index is -0.861. The van der Waals surface area contributed by atoms with Gasteiger partial charge in [0.15, 0.2) is 5.92 Å². The number of rotatable bonds is 4. The zero-order chi connectivity index (χ0) is 15.1. The fraction of sp³-hybridized carbons (Fsp3) is 0.176. The van der Waals surface area contributed by atoms with Crippen molar-refractivity contribution in [3.05, 3.63) is 65.7 Å². The van der Waals surface area contributed by atoms with Crippen molar-refractivity contribution in [2.24, 2.45) is 16.1 Å². The Morgan fingerprint density at radius 3 is 2.14 bits per heavy atom. The normalized spacial score (nSPS) is 12.0. The molecule has 2 aromatic rings. The van der Waals surface area contributed by atoms with Gasteiger partial charge in [0, 0.05) is 0 Å². The van der Waals surface area contributed by atoms with Gasteiger partial charge in [-0.15, -0.1) is 0 Å². The Hall–Kier alpha value is -2.98. The molecule has 1 atom stereocenters. The summed E-state index contributed by atoms with van der Waals surface area (Å²) >= 11 is 0. The molecule has 102 valence electrons. The molecular weight excluding hydrogens is 260 g/mol. The Balaban J connectivity index is 2.36. The van der Waals surface area contributed by atoms with Crippen molar-refractivity contribution in [1.82, 2.24) is 0 Å². The molecule has 0 N–H and O–H groups in total. The van der Waals surface area contributed by atoms with Gasteiger partial charge in [-0.05, 0) is 24.1 Å².